The van der Waals surface area contributed by atoms with Gasteiger partial charge in [0.1, 0.15) is 5.82 Å². The lowest BCUT2D eigenvalue weighted by Gasteiger charge is -2.22. The lowest BCUT2D eigenvalue weighted by molar-refractivity contribution is -0.117. The van der Waals surface area contributed by atoms with Gasteiger partial charge in [-0.1, -0.05) is 44.2 Å². The van der Waals surface area contributed by atoms with Crippen LogP contribution in [0.5, 0.6) is 0 Å². The number of nitrogens with one attached hydrogen (secondary N) is 2. The van der Waals surface area contributed by atoms with E-state index in [0.717, 1.165) is 11.3 Å². The van der Waals surface area contributed by atoms with E-state index in [0.29, 0.717) is 43.2 Å². The third-order valence-corrected chi connectivity index (χ3v) is 5.21. The quantitative estimate of drug-likeness (QED) is 0.446. The Bertz CT molecular complexity index is 1070. The predicted molar refractivity (Wildman–Crippen MR) is 132 cm³/mol. The molecule has 0 fully saturated rings. The van der Waals surface area contributed by atoms with Gasteiger partial charge in [0.2, 0.25) is 5.91 Å². The maximum absolute atomic E-state index is 13.3. The molecule has 1 aromatic heterocycles. The third-order valence-electron chi connectivity index (χ3n) is 5.21. The number of hydrogen-bond acceptors (Lipinski definition) is 4. The Balaban J connectivity index is 1.68. The van der Waals surface area contributed by atoms with Crippen molar-refractivity contribution in [2.75, 3.05) is 25.0 Å². The highest BCUT2D eigenvalue weighted by molar-refractivity contribution is 6.04. The zero-order chi connectivity index (χ0) is 24.3. The molecule has 0 radical (unpaired) electrons. The maximum Gasteiger partial charge on any atom is 0.253 e. The maximum atomic E-state index is 13.3. The summed E-state index contributed by atoms with van der Waals surface area (Å²) in [5.74, 6) is -0.422. The average Bonchev–Trinajstić information content (AvgIpc) is 2.83. The molecule has 3 rings (SSSR count). The number of pyridine rings is 1. The van der Waals surface area contributed by atoms with Gasteiger partial charge in [-0.2, -0.15) is 0 Å². The molecule has 1 heterocycles. The number of aromatic nitrogens is 1. The fourth-order valence-electron chi connectivity index (χ4n) is 3.46. The summed E-state index contributed by atoms with van der Waals surface area (Å²) in [6, 6.07) is 19.0. The molecule has 0 saturated carbocycles. The monoisotopic (exact) mass is 462 g/mol. The van der Waals surface area contributed by atoms with Crippen LogP contribution in [-0.2, 0) is 17.8 Å². The van der Waals surface area contributed by atoms with Gasteiger partial charge < -0.3 is 10.6 Å². The second kappa shape index (κ2) is 12.6. The van der Waals surface area contributed by atoms with Crippen molar-refractivity contribution in [3.8, 4) is 0 Å². The highest BCUT2D eigenvalue weighted by Crippen LogP contribution is 2.16. The Hall–Kier alpha value is -3.58. The van der Waals surface area contributed by atoms with E-state index in [1.165, 1.54) is 12.1 Å². The number of halogens is 1. The van der Waals surface area contributed by atoms with Gasteiger partial charge in [0.25, 0.3) is 5.91 Å². The molecule has 0 bridgehead atoms. The predicted octanol–water partition coefficient (Wildman–Crippen LogP) is 4.29. The lowest BCUT2D eigenvalue weighted by Crippen LogP contribution is -2.35. The lowest BCUT2D eigenvalue weighted by atomic mass is 10.1. The van der Waals surface area contributed by atoms with Crippen LogP contribution in [0.3, 0.4) is 0 Å². The minimum Gasteiger partial charge on any atom is -0.352 e. The molecule has 0 aliphatic rings. The first-order chi connectivity index (χ1) is 16.4. The number of rotatable bonds is 11. The van der Waals surface area contributed by atoms with Crippen molar-refractivity contribution in [2.24, 2.45) is 5.92 Å². The Kier molecular flexibility index (Phi) is 9.29. The van der Waals surface area contributed by atoms with Crippen molar-refractivity contribution in [2.45, 2.75) is 26.8 Å². The van der Waals surface area contributed by atoms with Crippen molar-refractivity contribution in [3.05, 3.63) is 95.6 Å². The van der Waals surface area contributed by atoms with Crippen LogP contribution in [0.25, 0.3) is 0 Å². The summed E-state index contributed by atoms with van der Waals surface area (Å²) in [4.78, 5) is 31.9. The van der Waals surface area contributed by atoms with Gasteiger partial charge in [0.15, 0.2) is 0 Å². The van der Waals surface area contributed by atoms with Crippen LogP contribution in [0.15, 0.2) is 72.9 Å². The van der Waals surface area contributed by atoms with E-state index >= 15 is 0 Å². The van der Waals surface area contributed by atoms with Gasteiger partial charge in [-0.25, -0.2) is 4.39 Å². The van der Waals surface area contributed by atoms with E-state index in [9.17, 15) is 14.0 Å². The largest absolute Gasteiger partial charge is 0.352 e. The second-order valence-corrected chi connectivity index (χ2v) is 8.61. The van der Waals surface area contributed by atoms with E-state index in [1.807, 2.05) is 36.9 Å². The summed E-state index contributed by atoms with van der Waals surface area (Å²) in [5, 5.41) is 5.78. The van der Waals surface area contributed by atoms with Gasteiger partial charge >= 0.3 is 0 Å². The van der Waals surface area contributed by atoms with E-state index in [1.54, 1.807) is 42.6 Å². The first-order valence-electron chi connectivity index (χ1n) is 11.4. The van der Waals surface area contributed by atoms with Crippen LogP contribution >= 0.6 is 0 Å². The van der Waals surface area contributed by atoms with Crippen LogP contribution in [-0.4, -0.2) is 41.3 Å². The Morgan fingerprint density at radius 2 is 1.74 bits per heavy atom. The number of benzene rings is 2. The summed E-state index contributed by atoms with van der Waals surface area (Å²) >= 11 is 0. The molecule has 7 heteroatoms. The van der Waals surface area contributed by atoms with Gasteiger partial charge in [0.05, 0.1) is 17.8 Å². The van der Waals surface area contributed by atoms with Crippen LogP contribution in [0.4, 0.5) is 10.1 Å². The molecular weight excluding hydrogens is 431 g/mol. The average molecular weight is 463 g/mol. The second-order valence-electron chi connectivity index (χ2n) is 8.61. The standard InChI is InChI=1S/C27H31FN4O2/c1-20(2)17-30-27(34)24-8-3-4-9-25(24)31-26(33)19-32(16-14-23-7-5-6-15-29-23)18-21-10-12-22(28)13-11-21/h3-13,15,20H,14,16-19H2,1-2H3,(H,30,34)(H,31,33). The summed E-state index contributed by atoms with van der Waals surface area (Å²) in [5.41, 5.74) is 2.73. The minimum absolute atomic E-state index is 0.117. The molecule has 0 atom stereocenters. The highest BCUT2D eigenvalue weighted by Gasteiger charge is 2.16. The third kappa shape index (κ3) is 8.08. The molecule has 0 saturated heterocycles. The zero-order valence-corrected chi connectivity index (χ0v) is 19.6. The Morgan fingerprint density at radius 3 is 2.44 bits per heavy atom. The number of carbonyl (C=O) groups excluding carboxylic acids is 2. The molecule has 0 spiro atoms. The van der Waals surface area contributed by atoms with Crippen molar-refractivity contribution in [1.82, 2.24) is 15.2 Å². The van der Waals surface area contributed by atoms with Gasteiger partial charge in [-0.15, -0.1) is 0 Å². The van der Waals surface area contributed by atoms with Gasteiger partial charge in [-0.05, 0) is 47.9 Å². The van der Waals surface area contributed by atoms with Crippen molar-refractivity contribution >= 4 is 17.5 Å². The highest BCUT2D eigenvalue weighted by atomic mass is 19.1. The van der Waals surface area contributed by atoms with Gasteiger partial charge in [0, 0.05) is 37.9 Å². The van der Waals surface area contributed by atoms with Crippen molar-refractivity contribution < 1.29 is 14.0 Å². The molecule has 2 amide bonds. The summed E-state index contributed by atoms with van der Waals surface area (Å²) in [7, 11) is 0. The fraction of sp³-hybridized carbons (Fsp3) is 0.296. The summed E-state index contributed by atoms with van der Waals surface area (Å²) in [6.07, 6.45) is 2.41. The molecule has 0 unspecified atom stereocenters. The van der Waals surface area contributed by atoms with E-state index in [-0.39, 0.29) is 24.2 Å². The molecule has 3 aromatic rings. The molecule has 178 valence electrons. The fourth-order valence-corrected chi connectivity index (χ4v) is 3.46. The molecule has 34 heavy (non-hydrogen) atoms. The molecule has 2 N–H and O–H groups in total. The first-order valence-corrected chi connectivity index (χ1v) is 11.4. The summed E-state index contributed by atoms with van der Waals surface area (Å²) in [6.45, 7) is 5.80. The molecule has 0 aliphatic carbocycles. The summed E-state index contributed by atoms with van der Waals surface area (Å²) < 4.78 is 13.3. The van der Waals surface area contributed by atoms with Gasteiger partial charge in [-0.3, -0.25) is 19.5 Å². The number of carbonyl (C=O) groups is 2. The smallest absolute Gasteiger partial charge is 0.253 e. The van der Waals surface area contributed by atoms with Crippen LogP contribution in [0.2, 0.25) is 0 Å². The topological polar surface area (TPSA) is 74.3 Å². The molecule has 2 aromatic carbocycles. The Morgan fingerprint density at radius 1 is 1.00 bits per heavy atom. The first kappa shape index (κ1) is 25.1. The minimum atomic E-state index is -0.297. The van der Waals surface area contributed by atoms with Crippen molar-refractivity contribution in [3.63, 3.8) is 0 Å². The normalized spacial score (nSPS) is 11.0. The molecule has 0 aliphatic heterocycles. The van der Waals surface area contributed by atoms with Crippen molar-refractivity contribution in [1.29, 1.82) is 0 Å². The number of para-hydroxylation sites is 1. The number of anilines is 1. The SMILES string of the molecule is CC(C)CNC(=O)c1ccccc1NC(=O)CN(CCc1ccccn1)Cc1ccc(F)cc1. The van der Waals surface area contributed by atoms with Crippen LogP contribution < -0.4 is 10.6 Å². The number of hydrogen-bond donors (Lipinski definition) is 2. The Labute approximate surface area is 200 Å². The molecule has 6 nitrogen and oxygen atoms in total. The van der Waals surface area contributed by atoms with E-state index < -0.39 is 0 Å². The number of nitrogens with zero attached hydrogens (tertiary/aromatic N) is 2. The number of amides is 2. The zero-order valence-electron chi connectivity index (χ0n) is 19.6. The van der Waals surface area contributed by atoms with Crippen LogP contribution in [0, 0.1) is 11.7 Å². The van der Waals surface area contributed by atoms with E-state index in [4.69, 9.17) is 0 Å². The van der Waals surface area contributed by atoms with E-state index in [2.05, 4.69) is 15.6 Å². The molecular formula is C27H31FN4O2. The van der Waals surface area contributed by atoms with Crippen LogP contribution in [0.1, 0.15) is 35.5 Å².